The van der Waals surface area contributed by atoms with Gasteiger partial charge in [-0.3, -0.25) is 4.79 Å². The number of Topliss-reactive ketones (excluding diaryl/α,β-unsaturated/α-hetero) is 1. The summed E-state index contributed by atoms with van der Waals surface area (Å²) in [5.74, 6) is -0.192. The average Bonchev–Trinajstić information content (AvgIpc) is 2.85. The van der Waals surface area contributed by atoms with E-state index in [1.807, 2.05) is 6.92 Å². The normalized spacial score (nSPS) is 10.6. The first-order valence-corrected chi connectivity index (χ1v) is 6.87. The summed E-state index contributed by atoms with van der Waals surface area (Å²) >= 11 is 1.28. The Labute approximate surface area is 114 Å². The average molecular weight is 280 g/mol. The number of halogens is 1. The van der Waals surface area contributed by atoms with E-state index in [0.29, 0.717) is 10.7 Å². The summed E-state index contributed by atoms with van der Waals surface area (Å²) in [5, 5.41) is 11.9. The Bertz CT molecular complexity index is 555. The fraction of sp³-hybridized carbons (Fsp3) is 0.333. The monoisotopic (exact) mass is 280 g/mol. The van der Waals surface area contributed by atoms with Gasteiger partial charge in [0, 0.05) is 12.1 Å². The van der Waals surface area contributed by atoms with E-state index in [4.69, 9.17) is 0 Å². The summed E-state index contributed by atoms with van der Waals surface area (Å²) < 4.78 is 14.4. The minimum Gasteiger partial charge on any atom is -0.293 e. The van der Waals surface area contributed by atoms with Gasteiger partial charge in [-0.15, -0.1) is 5.10 Å². The lowest BCUT2D eigenvalue weighted by Gasteiger charge is -2.02. The van der Waals surface area contributed by atoms with Gasteiger partial charge < -0.3 is 0 Å². The van der Waals surface area contributed by atoms with Gasteiger partial charge in [-0.2, -0.15) is 0 Å². The number of nitrogens with zero attached hydrogens (tertiary/aromatic N) is 4. The molecule has 0 amide bonds. The van der Waals surface area contributed by atoms with Crippen LogP contribution in [0.3, 0.4) is 0 Å². The van der Waals surface area contributed by atoms with Crippen LogP contribution in [0.4, 0.5) is 4.39 Å². The van der Waals surface area contributed by atoms with Crippen molar-refractivity contribution in [2.24, 2.45) is 0 Å². The highest BCUT2D eigenvalue weighted by atomic mass is 32.2. The van der Waals surface area contributed by atoms with Crippen LogP contribution >= 0.6 is 11.8 Å². The molecule has 1 aromatic heterocycles. The number of aromatic nitrogens is 4. The first-order valence-electron chi connectivity index (χ1n) is 5.88. The molecule has 7 heteroatoms. The second kappa shape index (κ2) is 6.42. The van der Waals surface area contributed by atoms with Gasteiger partial charge in [0.05, 0.1) is 5.75 Å². The van der Waals surface area contributed by atoms with Crippen LogP contribution in [-0.4, -0.2) is 31.7 Å². The molecule has 0 fully saturated rings. The molecule has 2 rings (SSSR count). The van der Waals surface area contributed by atoms with Crippen LogP contribution in [0.15, 0.2) is 29.4 Å². The SMILES string of the molecule is CCCn1nnnc1SCC(=O)c1ccc(F)cc1. The van der Waals surface area contributed by atoms with Gasteiger partial charge in [-0.25, -0.2) is 9.07 Å². The molecule has 5 nitrogen and oxygen atoms in total. The number of rotatable bonds is 6. The predicted molar refractivity (Wildman–Crippen MR) is 69.6 cm³/mol. The van der Waals surface area contributed by atoms with Gasteiger partial charge in [0.25, 0.3) is 0 Å². The second-order valence-electron chi connectivity index (χ2n) is 3.90. The maximum Gasteiger partial charge on any atom is 0.209 e. The number of tetrazole rings is 1. The van der Waals surface area contributed by atoms with Crippen molar-refractivity contribution in [2.75, 3.05) is 5.75 Å². The van der Waals surface area contributed by atoms with Crippen molar-refractivity contribution in [1.82, 2.24) is 20.2 Å². The zero-order valence-corrected chi connectivity index (χ0v) is 11.2. The summed E-state index contributed by atoms with van der Waals surface area (Å²) in [6, 6.07) is 5.51. The lowest BCUT2D eigenvalue weighted by atomic mass is 10.1. The summed E-state index contributed by atoms with van der Waals surface area (Å²) in [7, 11) is 0. The summed E-state index contributed by atoms with van der Waals surface area (Å²) in [6.45, 7) is 2.75. The van der Waals surface area contributed by atoms with Crippen molar-refractivity contribution in [3.05, 3.63) is 35.6 Å². The summed E-state index contributed by atoms with van der Waals surface area (Å²) in [6.07, 6.45) is 0.921. The number of benzene rings is 1. The minimum absolute atomic E-state index is 0.0731. The number of hydrogen-bond donors (Lipinski definition) is 0. The van der Waals surface area contributed by atoms with Crippen LogP contribution in [0.25, 0.3) is 0 Å². The van der Waals surface area contributed by atoms with E-state index in [-0.39, 0.29) is 17.4 Å². The molecule has 0 unspecified atom stereocenters. The predicted octanol–water partition coefficient (Wildman–Crippen LogP) is 2.20. The Morgan fingerprint density at radius 1 is 1.37 bits per heavy atom. The smallest absolute Gasteiger partial charge is 0.209 e. The Morgan fingerprint density at radius 2 is 2.11 bits per heavy atom. The fourth-order valence-electron chi connectivity index (χ4n) is 1.50. The van der Waals surface area contributed by atoms with E-state index in [2.05, 4.69) is 15.5 Å². The Morgan fingerprint density at radius 3 is 2.79 bits per heavy atom. The van der Waals surface area contributed by atoms with Gasteiger partial charge in [0.2, 0.25) is 5.16 Å². The van der Waals surface area contributed by atoms with Crippen LogP contribution < -0.4 is 0 Å². The number of carbonyl (C=O) groups excluding carboxylic acids is 1. The zero-order valence-electron chi connectivity index (χ0n) is 10.4. The molecule has 0 bridgehead atoms. The van der Waals surface area contributed by atoms with Crippen LogP contribution in [0, 0.1) is 5.82 Å². The highest BCUT2D eigenvalue weighted by molar-refractivity contribution is 7.99. The molecule has 100 valence electrons. The largest absolute Gasteiger partial charge is 0.293 e. The number of carbonyl (C=O) groups is 1. The molecule has 1 heterocycles. The molecular formula is C12H13FN4OS. The first-order chi connectivity index (χ1) is 9.20. The molecule has 0 atom stereocenters. The Hall–Kier alpha value is -1.76. The molecule has 0 N–H and O–H groups in total. The Balaban J connectivity index is 1.96. The van der Waals surface area contributed by atoms with E-state index in [1.54, 1.807) is 4.68 Å². The van der Waals surface area contributed by atoms with Crippen LogP contribution in [0.5, 0.6) is 0 Å². The highest BCUT2D eigenvalue weighted by Crippen LogP contribution is 2.16. The van der Waals surface area contributed by atoms with Gasteiger partial charge in [0.1, 0.15) is 5.82 Å². The standard InChI is InChI=1S/C12H13FN4OS/c1-2-7-17-12(14-15-16-17)19-8-11(18)9-3-5-10(13)6-4-9/h3-6H,2,7-8H2,1H3. The molecule has 0 spiro atoms. The zero-order chi connectivity index (χ0) is 13.7. The van der Waals surface area contributed by atoms with Crippen molar-refractivity contribution in [3.8, 4) is 0 Å². The minimum atomic E-state index is -0.351. The number of thioether (sulfide) groups is 1. The third-order valence-electron chi connectivity index (χ3n) is 2.43. The Kier molecular flexibility index (Phi) is 4.62. The van der Waals surface area contributed by atoms with E-state index in [1.165, 1.54) is 36.0 Å². The lowest BCUT2D eigenvalue weighted by molar-refractivity contribution is 0.102. The van der Waals surface area contributed by atoms with Crippen molar-refractivity contribution in [1.29, 1.82) is 0 Å². The molecule has 0 radical (unpaired) electrons. The number of aryl methyl sites for hydroxylation is 1. The third-order valence-corrected chi connectivity index (χ3v) is 3.39. The summed E-state index contributed by atoms with van der Waals surface area (Å²) in [4.78, 5) is 11.9. The van der Waals surface area contributed by atoms with E-state index in [0.717, 1.165) is 13.0 Å². The van der Waals surface area contributed by atoms with Gasteiger partial charge in [-0.05, 0) is 41.1 Å². The highest BCUT2D eigenvalue weighted by Gasteiger charge is 2.11. The maximum absolute atomic E-state index is 12.8. The first kappa shape index (κ1) is 13.7. The number of ketones is 1. The van der Waals surface area contributed by atoms with Gasteiger partial charge >= 0.3 is 0 Å². The third kappa shape index (κ3) is 3.60. The van der Waals surface area contributed by atoms with Crippen LogP contribution in [0.1, 0.15) is 23.7 Å². The van der Waals surface area contributed by atoms with Gasteiger partial charge in [0.15, 0.2) is 5.78 Å². The van der Waals surface area contributed by atoms with Crippen molar-refractivity contribution in [3.63, 3.8) is 0 Å². The molecule has 0 saturated heterocycles. The van der Waals surface area contributed by atoms with E-state index >= 15 is 0 Å². The van der Waals surface area contributed by atoms with Crippen LogP contribution in [0.2, 0.25) is 0 Å². The molecule has 0 saturated carbocycles. The lowest BCUT2D eigenvalue weighted by Crippen LogP contribution is -2.06. The maximum atomic E-state index is 12.8. The second-order valence-corrected chi connectivity index (χ2v) is 4.85. The molecule has 2 aromatic rings. The van der Waals surface area contributed by atoms with Crippen molar-refractivity contribution >= 4 is 17.5 Å². The molecule has 0 aliphatic heterocycles. The van der Waals surface area contributed by atoms with Crippen LogP contribution in [-0.2, 0) is 6.54 Å². The molecule has 19 heavy (non-hydrogen) atoms. The van der Waals surface area contributed by atoms with E-state index < -0.39 is 0 Å². The van der Waals surface area contributed by atoms with E-state index in [9.17, 15) is 9.18 Å². The van der Waals surface area contributed by atoms with Gasteiger partial charge in [-0.1, -0.05) is 18.7 Å². The molecule has 1 aromatic carbocycles. The molecule has 0 aliphatic rings. The quantitative estimate of drug-likeness (QED) is 0.599. The molecule has 0 aliphatic carbocycles. The topological polar surface area (TPSA) is 60.7 Å². The summed E-state index contributed by atoms with van der Waals surface area (Å²) in [5.41, 5.74) is 0.489. The van der Waals surface area contributed by atoms with Crippen molar-refractivity contribution < 1.29 is 9.18 Å². The molecular weight excluding hydrogens is 267 g/mol. The number of hydrogen-bond acceptors (Lipinski definition) is 5. The van der Waals surface area contributed by atoms with Crippen molar-refractivity contribution in [2.45, 2.75) is 25.0 Å². The fourth-order valence-corrected chi connectivity index (χ4v) is 2.30.